The number of carbonyl (C=O) groups excluding carboxylic acids is 1. The molecule has 0 saturated carbocycles. The van der Waals surface area contributed by atoms with Crippen molar-refractivity contribution in [1.82, 2.24) is 4.90 Å². The third-order valence-corrected chi connectivity index (χ3v) is 5.52. The number of nitrogens with zero attached hydrogens (tertiary/aromatic N) is 1. The summed E-state index contributed by atoms with van der Waals surface area (Å²) in [6.07, 6.45) is 0. The summed E-state index contributed by atoms with van der Waals surface area (Å²) in [6, 6.07) is 28.0. The molecule has 1 aliphatic rings. The van der Waals surface area contributed by atoms with Gasteiger partial charge < -0.3 is 15.2 Å². The van der Waals surface area contributed by atoms with E-state index in [1.54, 1.807) is 12.1 Å². The summed E-state index contributed by atoms with van der Waals surface area (Å²) < 4.78 is 4.72. The van der Waals surface area contributed by atoms with E-state index in [0.717, 1.165) is 5.69 Å². The molecule has 0 bridgehead atoms. The predicted octanol–water partition coefficient (Wildman–Crippen LogP) is 3.72. The van der Waals surface area contributed by atoms with E-state index in [9.17, 15) is 9.90 Å². The molecule has 2 N–H and O–H groups in total. The zero-order valence-electron chi connectivity index (χ0n) is 17.0. The van der Waals surface area contributed by atoms with Crippen LogP contribution >= 0.6 is 0 Å². The average Bonchev–Trinajstić information content (AvgIpc) is 2.78. The van der Waals surface area contributed by atoms with Gasteiger partial charge in [0, 0.05) is 25.3 Å². The molecule has 5 heteroatoms. The minimum absolute atomic E-state index is 0.118. The molecule has 154 valence electrons. The van der Waals surface area contributed by atoms with Crippen LogP contribution in [0.1, 0.15) is 27.5 Å². The lowest BCUT2D eigenvalue weighted by Gasteiger charge is -2.50. The number of β-amino-alcohol motifs (C(OH)–C–C–N with tert-alkyl or cyclic N) is 1. The van der Waals surface area contributed by atoms with Crippen LogP contribution in [0.4, 0.5) is 5.69 Å². The van der Waals surface area contributed by atoms with Gasteiger partial charge in [0.15, 0.2) is 0 Å². The lowest BCUT2D eigenvalue weighted by atomic mass is 9.87. The molecule has 0 amide bonds. The molecule has 0 spiro atoms. The first-order chi connectivity index (χ1) is 14.6. The van der Waals surface area contributed by atoms with Crippen molar-refractivity contribution >= 4 is 11.7 Å². The highest BCUT2D eigenvalue weighted by atomic mass is 16.5. The molecule has 1 heterocycles. The highest BCUT2D eigenvalue weighted by Crippen LogP contribution is 2.36. The minimum Gasteiger partial charge on any atom is -0.465 e. The van der Waals surface area contributed by atoms with Crippen molar-refractivity contribution in [3.63, 3.8) is 0 Å². The fourth-order valence-electron chi connectivity index (χ4n) is 4.00. The van der Waals surface area contributed by atoms with E-state index in [4.69, 9.17) is 4.74 Å². The van der Waals surface area contributed by atoms with Crippen LogP contribution in [0.15, 0.2) is 84.9 Å². The molecule has 5 nitrogen and oxygen atoms in total. The van der Waals surface area contributed by atoms with Crippen LogP contribution in [-0.4, -0.2) is 48.3 Å². The van der Waals surface area contributed by atoms with Crippen LogP contribution in [0.3, 0.4) is 0 Å². The highest BCUT2D eigenvalue weighted by molar-refractivity contribution is 5.89. The predicted molar refractivity (Wildman–Crippen MR) is 118 cm³/mol. The number of nitrogens with one attached hydrogen (secondary N) is 1. The highest BCUT2D eigenvalue weighted by Gasteiger charge is 2.44. The van der Waals surface area contributed by atoms with E-state index in [-0.39, 0.29) is 12.0 Å². The van der Waals surface area contributed by atoms with Crippen LogP contribution in [0, 0.1) is 0 Å². The number of anilines is 1. The number of esters is 1. The molecule has 0 unspecified atom stereocenters. The third-order valence-electron chi connectivity index (χ3n) is 5.52. The number of likely N-dealkylation sites (tertiary alicyclic amines) is 1. The number of rotatable bonds is 7. The smallest absolute Gasteiger partial charge is 0.337 e. The molecular weight excluding hydrogens is 376 g/mol. The Morgan fingerprint density at radius 1 is 0.967 bits per heavy atom. The Labute approximate surface area is 176 Å². The number of benzene rings is 3. The first kappa shape index (κ1) is 20.1. The van der Waals surface area contributed by atoms with Crippen LogP contribution in [-0.2, 0) is 4.74 Å². The monoisotopic (exact) mass is 402 g/mol. The molecule has 0 atom stereocenters. The summed E-state index contributed by atoms with van der Waals surface area (Å²) in [5.74, 6) is -0.359. The molecule has 30 heavy (non-hydrogen) atoms. The maximum atomic E-state index is 11.5. The molecule has 0 aromatic heterocycles. The lowest BCUT2D eigenvalue weighted by Crippen LogP contribution is -2.65. The van der Waals surface area contributed by atoms with Crippen molar-refractivity contribution in [2.24, 2.45) is 0 Å². The van der Waals surface area contributed by atoms with Crippen LogP contribution in [0.25, 0.3) is 0 Å². The second kappa shape index (κ2) is 8.69. The molecule has 1 fully saturated rings. The number of aliphatic hydroxyl groups is 1. The summed E-state index contributed by atoms with van der Waals surface area (Å²) in [5, 5.41) is 14.3. The van der Waals surface area contributed by atoms with Crippen LogP contribution in [0.2, 0.25) is 0 Å². The summed E-state index contributed by atoms with van der Waals surface area (Å²) in [6.45, 7) is 1.60. The largest absolute Gasteiger partial charge is 0.465 e. The lowest BCUT2D eigenvalue weighted by molar-refractivity contribution is -0.100. The standard InChI is InChI=1S/C25H26N2O3/c1-30-24(28)21-12-14-22(15-13-21)26-16-25(29)17-27(18-25)23(19-8-4-2-5-9-19)20-10-6-3-7-11-20/h2-15,23,26,29H,16-18H2,1H3. The van der Waals surface area contributed by atoms with Gasteiger partial charge in [-0.15, -0.1) is 0 Å². The molecular formula is C25H26N2O3. The van der Waals surface area contributed by atoms with E-state index in [2.05, 4.69) is 58.7 Å². The van der Waals surface area contributed by atoms with Gasteiger partial charge in [-0.2, -0.15) is 0 Å². The Kier molecular flexibility index (Phi) is 5.84. The summed E-state index contributed by atoms with van der Waals surface area (Å²) >= 11 is 0. The minimum atomic E-state index is -0.803. The SMILES string of the molecule is COC(=O)c1ccc(NCC2(O)CN(C(c3ccccc3)c3ccccc3)C2)cc1. The van der Waals surface area contributed by atoms with Crippen molar-refractivity contribution in [2.75, 3.05) is 32.1 Å². The molecule has 3 aromatic rings. The maximum absolute atomic E-state index is 11.5. The average molecular weight is 402 g/mol. The van der Waals surface area contributed by atoms with Gasteiger partial charge in [0.25, 0.3) is 0 Å². The van der Waals surface area contributed by atoms with Crippen molar-refractivity contribution in [3.05, 3.63) is 102 Å². The van der Waals surface area contributed by atoms with E-state index < -0.39 is 5.60 Å². The summed E-state index contributed by atoms with van der Waals surface area (Å²) in [7, 11) is 1.37. The van der Waals surface area contributed by atoms with Crippen molar-refractivity contribution in [3.8, 4) is 0 Å². The number of hydrogen-bond donors (Lipinski definition) is 2. The van der Waals surface area contributed by atoms with Crippen molar-refractivity contribution < 1.29 is 14.6 Å². The third kappa shape index (κ3) is 4.37. The Hall–Kier alpha value is -3.15. The molecule has 0 radical (unpaired) electrons. The quantitative estimate of drug-likeness (QED) is 0.590. The van der Waals surface area contributed by atoms with E-state index in [1.165, 1.54) is 18.2 Å². The van der Waals surface area contributed by atoms with E-state index in [1.807, 2.05) is 24.3 Å². The Morgan fingerprint density at radius 2 is 1.50 bits per heavy atom. The topological polar surface area (TPSA) is 61.8 Å². The number of ether oxygens (including phenoxy) is 1. The molecule has 0 aliphatic carbocycles. The molecule has 1 saturated heterocycles. The van der Waals surface area contributed by atoms with Gasteiger partial charge >= 0.3 is 5.97 Å². The van der Waals surface area contributed by atoms with Crippen molar-refractivity contribution in [2.45, 2.75) is 11.6 Å². The van der Waals surface area contributed by atoms with Crippen LogP contribution < -0.4 is 5.32 Å². The Morgan fingerprint density at radius 3 is 2.00 bits per heavy atom. The molecule has 1 aliphatic heterocycles. The van der Waals surface area contributed by atoms with Crippen molar-refractivity contribution in [1.29, 1.82) is 0 Å². The van der Waals surface area contributed by atoms with Gasteiger partial charge in [-0.25, -0.2) is 4.79 Å². The number of carbonyl (C=O) groups is 1. The maximum Gasteiger partial charge on any atom is 0.337 e. The Balaban J connectivity index is 1.41. The van der Waals surface area contributed by atoms with Gasteiger partial charge in [-0.3, -0.25) is 4.90 Å². The number of hydrogen-bond acceptors (Lipinski definition) is 5. The molecule has 3 aromatic carbocycles. The van der Waals surface area contributed by atoms with Gasteiger partial charge in [-0.05, 0) is 35.4 Å². The summed E-state index contributed by atoms with van der Waals surface area (Å²) in [5.41, 5.74) is 3.00. The Bertz CT molecular complexity index is 929. The molecule has 4 rings (SSSR count). The summed E-state index contributed by atoms with van der Waals surface area (Å²) in [4.78, 5) is 13.8. The second-order valence-corrected chi connectivity index (χ2v) is 7.78. The van der Waals surface area contributed by atoms with Gasteiger partial charge in [0.2, 0.25) is 0 Å². The van der Waals surface area contributed by atoms with Gasteiger partial charge in [0.05, 0.1) is 18.7 Å². The van der Waals surface area contributed by atoms with Gasteiger partial charge in [-0.1, -0.05) is 60.7 Å². The normalized spacial score (nSPS) is 15.4. The first-order valence-corrected chi connectivity index (χ1v) is 10.1. The first-order valence-electron chi connectivity index (χ1n) is 10.1. The fraction of sp³-hybridized carbons (Fsp3) is 0.240. The number of methoxy groups -OCH3 is 1. The van der Waals surface area contributed by atoms with Crippen LogP contribution in [0.5, 0.6) is 0 Å². The van der Waals surface area contributed by atoms with E-state index in [0.29, 0.717) is 25.2 Å². The zero-order valence-corrected chi connectivity index (χ0v) is 17.0. The van der Waals surface area contributed by atoms with Gasteiger partial charge in [0.1, 0.15) is 5.60 Å². The zero-order chi connectivity index (χ0) is 21.0. The van der Waals surface area contributed by atoms with E-state index >= 15 is 0 Å². The fourth-order valence-corrected chi connectivity index (χ4v) is 4.00. The second-order valence-electron chi connectivity index (χ2n) is 7.78.